The van der Waals surface area contributed by atoms with Gasteiger partial charge in [-0.1, -0.05) is 66.7 Å². The molecular weight excluding hydrogens is 342 g/mol. The third kappa shape index (κ3) is 5.02. The highest BCUT2D eigenvalue weighted by molar-refractivity contribution is 7.99. The summed E-state index contributed by atoms with van der Waals surface area (Å²) < 4.78 is 5.86. The molecule has 1 amide bonds. The highest BCUT2D eigenvalue weighted by Gasteiger charge is 2.12. The van der Waals surface area contributed by atoms with E-state index in [0.717, 1.165) is 22.3 Å². The van der Waals surface area contributed by atoms with Crippen molar-refractivity contribution in [2.45, 2.75) is 17.9 Å². The Morgan fingerprint density at radius 3 is 2.58 bits per heavy atom. The Morgan fingerprint density at radius 2 is 1.73 bits per heavy atom. The summed E-state index contributed by atoms with van der Waals surface area (Å²) in [7, 11) is 0. The van der Waals surface area contributed by atoms with E-state index in [0.29, 0.717) is 13.2 Å². The van der Waals surface area contributed by atoms with Crippen molar-refractivity contribution in [2.75, 3.05) is 13.2 Å². The molecule has 0 aliphatic rings. The van der Waals surface area contributed by atoms with E-state index in [1.54, 1.807) is 11.8 Å². The third-order valence-corrected chi connectivity index (χ3v) is 5.33. The number of nitrogens with one attached hydrogen (secondary N) is 1. The summed E-state index contributed by atoms with van der Waals surface area (Å²) in [5.74, 6) is 1.73. The van der Waals surface area contributed by atoms with Crippen LogP contribution in [0, 0.1) is 0 Å². The molecule has 0 saturated heterocycles. The molecule has 0 bridgehead atoms. The number of rotatable bonds is 8. The third-order valence-electron chi connectivity index (χ3n) is 4.12. The van der Waals surface area contributed by atoms with Gasteiger partial charge in [0.25, 0.3) is 0 Å². The first-order chi connectivity index (χ1) is 12.7. The van der Waals surface area contributed by atoms with Crippen molar-refractivity contribution in [1.82, 2.24) is 5.32 Å². The molecule has 0 heterocycles. The van der Waals surface area contributed by atoms with Crippen LogP contribution in [0.15, 0.2) is 72.8 Å². The molecule has 3 aromatic rings. The highest BCUT2D eigenvalue weighted by Crippen LogP contribution is 2.24. The molecule has 26 heavy (non-hydrogen) atoms. The lowest BCUT2D eigenvalue weighted by molar-refractivity contribution is -0.120. The van der Waals surface area contributed by atoms with Gasteiger partial charge < -0.3 is 10.1 Å². The lowest BCUT2D eigenvalue weighted by atomic mass is 10.1. The molecule has 0 fully saturated rings. The summed E-state index contributed by atoms with van der Waals surface area (Å²) in [5.41, 5.74) is 1.23. The van der Waals surface area contributed by atoms with Gasteiger partial charge in [0.05, 0.1) is 11.8 Å². The standard InChI is InChI=1S/C22H23NO2S/c1-17(26-16-18-8-3-2-4-9-18)22(24)23-14-15-25-21-13-7-11-19-10-5-6-12-20(19)21/h2-13,17H,14-16H2,1H3,(H,23,24). The van der Waals surface area contributed by atoms with Crippen molar-refractivity contribution in [3.8, 4) is 5.75 Å². The van der Waals surface area contributed by atoms with E-state index in [9.17, 15) is 4.79 Å². The summed E-state index contributed by atoms with van der Waals surface area (Å²) >= 11 is 1.64. The van der Waals surface area contributed by atoms with Crippen molar-refractivity contribution in [1.29, 1.82) is 0 Å². The van der Waals surface area contributed by atoms with E-state index in [4.69, 9.17) is 4.74 Å². The molecule has 0 spiro atoms. The molecule has 134 valence electrons. The molecule has 1 N–H and O–H groups in total. The lowest BCUT2D eigenvalue weighted by Gasteiger charge is -2.13. The Hall–Kier alpha value is -2.46. The minimum absolute atomic E-state index is 0.0486. The number of ether oxygens (including phenoxy) is 1. The topological polar surface area (TPSA) is 38.3 Å². The predicted molar refractivity (Wildman–Crippen MR) is 110 cm³/mol. The average Bonchev–Trinajstić information content (AvgIpc) is 2.70. The quantitative estimate of drug-likeness (QED) is 0.590. The summed E-state index contributed by atoms with van der Waals surface area (Å²) in [6.45, 7) is 2.89. The van der Waals surface area contributed by atoms with Crippen LogP contribution in [0.2, 0.25) is 0 Å². The molecule has 0 aromatic heterocycles. The van der Waals surface area contributed by atoms with Gasteiger partial charge in [0.15, 0.2) is 0 Å². The van der Waals surface area contributed by atoms with Gasteiger partial charge in [0.2, 0.25) is 5.91 Å². The van der Waals surface area contributed by atoms with Crippen LogP contribution in [0.3, 0.4) is 0 Å². The monoisotopic (exact) mass is 365 g/mol. The molecule has 0 radical (unpaired) electrons. The smallest absolute Gasteiger partial charge is 0.232 e. The number of thioether (sulfide) groups is 1. The number of benzene rings is 3. The summed E-state index contributed by atoms with van der Waals surface area (Å²) in [4.78, 5) is 12.2. The van der Waals surface area contributed by atoms with Gasteiger partial charge in [0, 0.05) is 11.1 Å². The first-order valence-electron chi connectivity index (χ1n) is 8.78. The van der Waals surface area contributed by atoms with Crippen LogP contribution in [0.4, 0.5) is 0 Å². The first kappa shape index (κ1) is 18.3. The van der Waals surface area contributed by atoms with E-state index < -0.39 is 0 Å². The molecular formula is C22H23NO2S. The van der Waals surface area contributed by atoms with Crippen LogP contribution in [-0.2, 0) is 10.5 Å². The predicted octanol–water partition coefficient (Wildman–Crippen LogP) is 4.66. The van der Waals surface area contributed by atoms with Crippen molar-refractivity contribution in [3.63, 3.8) is 0 Å². The number of fused-ring (bicyclic) bond motifs is 1. The number of hydrogen-bond acceptors (Lipinski definition) is 3. The van der Waals surface area contributed by atoms with Crippen LogP contribution >= 0.6 is 11.8 Å². The molecule has 0 saturated carbocycles. The normalized spacial score (nSPS) is 11.9. The summed E-state index contributed by atoms with van der Waals surface area (Å²) in [6, 6.07) is 24.3. The Balaban J connectivity index is 1.42. The fourth-order valence-corrected chi connectivity index (χ4v) is 3.54. The largest absolute Gasteiger partial charge is 0.491 e. The zero-order valence-electron chi connectivity index (χ0n) is 14.9. The van der Waals surface area contributed by atoms with Gasteiger partial charge >= 0.3 is 0 Å². The Kier molecular flexibility index (Phi) is 6.56. The van der Waals surface area contributed by atoms with Crippen LogP contribution in [-0.4, -0.2) is 24.3 Å². The minimum atomic E-state index is -0.0900. The molecule has 4 heteroatoms. The molecule has 3 rings (SSSR count). The Labute approximate surface area is 158 Å². The molecule has 3 nitrogen and oxygen atoms in total. The average molecular weight is 365 g/mol. The number of carbonyl (C=O) groups excluding carboxylic acids is 1. The molecule has 3 aromatic carbocycles. The van der Waals surface area contributed by atoms with Crippen molar-refractivity contribution in [2.24, 2.45) is 0 Å². The van der Waals surface area contributed by atoms with Gasteiger partial charge in [-0.05, 0) is 23.9 Å². The molecule has 0 aliphatic heterocycles. The van der Waals surface area contributed by atoms with E-state index in [2.05, 4.69) is 29.6 Å². The first-order valence-corrected chi connectivity index (χ1v) is 9.83. The van der Waals surface area contributed by atoms with E-state index >= 15 is 0 Å². The fraction of sp³-hybridized carbons (Fsp3) is 0.227. The molecule has 0 aliphatic carbocycles. The number of hydrogen-bond donors (Lipinski definition) is 1. The second-order valence-electron chi connectivity index (χ2n) is 6.06. The fourth-order valence-electron chi connectivity index (χ4n) is 2.67. The van der Waals surface area contributed by atoms with E-state index in [-0.39, 0.29) is 11.2 Å². The number of carbonyl (C=O) groups is 1. The van der Waals surface area contributed by atoms with Crippen molar-refractivity contribution >= 4 is 28.4 Å². The van der Waals surface area contributed by atoms with Crippen LogP contribution in [0.5, 0.6) is 5.75 Å². The summed E-state index contributed by atoms with van der Waals surface area (Å²) in [5, 5.41) is 5.11. The molecule has 1 atom stereocenters. The zero-order valence-corrected chi connectivity index (χ0v) is 15.7. The van der Waals surface area contributed by atoms with E-state index in [1.807, 2.05) is 55.5 Å². The zero-order chi connectivity index (χ0) is 18.2. The van der Waals surface area contributed by atoms with E-state index in [1.165, 1.54) is 5.56 Å². The number of amides is 1. The summed E-state index contributed by atoms with van der Waals surface area (Å²) in [6.07, 6.45) is 0. The lowest BCUT2D eigenvalue weighted by Crippen LogP contribution is -2.34. The van der Waals surface area contributed by atoms with Gasteiger partial charge in [-0.25, -0.2) is 0 Å². The van der Waals surface area contributed by atoms with Gasteiger partial charge in [0.1, 0.15) is 12.4 Å². The van der Waals surface area contributed by atoms with Crippen LogP contribution in [0.25, 0.3) is 10.8 Å². The van der Waals surface area contributed by atoms with Crippen LogP contribution in [0.1, 0.15) is 12.5 Å². The van der Waals surface area contributed by atoms with Gasteiger partial charge in [-0.3, -0.25) is 4.79 Å². The van der Waals surface area contributed by atoms with Crippen LogP contribution < -0.4 is 10.1 Å². The highest BCUT2D eigenvalue weighted by atomic mass is 32.2. The maximum atomic E-state index is 12.2. The van der Waals surface area contributed by atoms with Crippen molar-refractivity contribution < 1.29 is 9.53 Å². The van der Waals surface area contributed by atoms with Gasteiger partial charge in [-0.15, -0.1) is 11.8 Å². The Morgan fingerprint density at radius 1 is 1.00 bits per heavy atom. The maximum absolute atomic E-state index is 12.2. The van der Waals surface area contributed by atoms with Crippen molar-refractivity contribution in [3.05, 3.63) is 78.4 Å². The second kappa shape index (κ2) is 9.30. The van der Waals surface area contributed by atoms with Gasteiger partial charge in [-0.2, -0.15) is 0 Å². The second-order valence-corrected chi connectivity index (χ2v) is 7.38. The Bertz CT molecular complexity index is 846. The maximum Gasteiger partial charge on any atom is 0.232 e. The SMILES string of the molecule is CC(SCc1ccccc1)C(=O)NCCOc1cccc2ccccc12. The molecule has 1 unspecified atom stereocenters. The minimum Gasteiger partial charge on any atom is -0.491 e.